The van der Waals surface area contributed by atoms with Gasteiger partial charge in [-0.3, -0.25) is 14.6 Å². The van der Waals surface area contributed by atoms with Gasteiger partial charge in [-0.25, -0.2) is 0 Å². The zero-order valence-electron chi connectivity index (χ0n) is 9.74. The van der Waals surface area contributed by atoms with Crippen LogP contribution < -0.4 is 5.56 Å². The molecule has 0 aliphatic rings. The summed E-state index contributed by atoms with van der Waals surface area (Å²) in [6.07, 6.45) is 2.07. The van der Waals surface area contributed by atoms with Crippen molar-refractivity contribution in [2.75, 3.05) is 0 Å². The molecule has 3 nitrogen and oxygen atoms in total. The Hall–Kier alpha value is -1.48. The van der Waals surface area contributed by atoms with Gasteiger partial charge in [-0.15, -0.1) is 0 Å². The number of aromatic amines is 1. The number of aryl methyl sites for hydroxylation is 1. The summed E-state index contributed by atoms with van der Waals surface area (Å²) in [6, 6.07) is 9.06. The predicted octanol–water partition coefficient (Wildman–Crippen LogP) is 3.30. The molecule has 0 saturated carbocycles. The van der Waals surface area contributed by atoms with Crippen molar-refractivity contribution in [1.82, 2.24) is 9.78 Å². The Morgan fingerprint density at radius 2 is 2.00 bits per heavy atom. The van der Waals surface area contributed by atoms with E-state index in [0.717, 1.165) is 30.6 Å². The first kappa shape index (κ1) is 12.0. The average molecular weight is 251 g/mol. The van der Waals surface area contributed by atoms with Crippen molar-refractivity contribution in [3.05, 3.63) is 45.7 Å². The lowest BCUT2D eigenvalue weighted by atomic mass is 10.2. The maximum absolute atomic E-state index is 11.7. The summed E-state index contributed by atoms with van der Waals surface area (Å²) in [7, 11) is 0. The molecule has 0 unspecified atom stereocenters. The number of nitrogens with zero attached hydrogens (tertiary/aromatic N) is 1. The lowest BCUT2D eigenvalue weighted by Crippen LogP contribution is -2.15. The van der Waals surface area contributed by atoms with Gasteiger partial charge in [0, 0.05) is 17.6 Å². The van der Waals surface area contributed by atoms with Gasteiger partial charge in [-0.05, 0) is 24.1 Å². The highest BCUT2D eigenvalue weighted by atomic mass is 35.5. The highest BCUT2D eigenvalue weighted by Crippen LogP contribution is 2.18. The third-order valence-electron chi connectivity index (χ3n) is 2.68. The quantitative estimate of drug-likeness (QED) is 0.888. The Kier molecular flexibility index (Phi) is 3.69. The van der Waals surface area contributed by atoms with Gasteiger partial charge in [-0.1, -0.05) is 37.1 Å². The Morgan fingerprint density at radius 1 is 1.29 bits per heavy atom. The van der Waals surface area contributed by atoms with Crippen molar-refractivity contribution in [3.63, 3.8) is 0 Å². The number of benzene rings is 1. The number of hydrogen-bond donors (Lipinski definition) is 1. The fourth-order valence-electron chi connectivity index (χ4n) is 1.69. The van der Waals surface area contributed by atoms with E-state index in [2.05, 4.69) is 12.0 Å². The van der Waals surface area contributed by atoms with Gasteiger partial charge in [0.2, 0.25) is 0 Å². The fourth-order valence-corrected chi connectivity index (χ4v) is 1.82. The molecular weight excluding hydrogens is 236 g/mol. The van der Waals surface area contributed by atoms with Crippen LogP contribution in [0.25, 0.3) is 11.3 Å². The van der Waals surface area contributed by atoms with E-state index < -0.39 is 0 Å². The van der Waals surface area contributed by atoms with Crippen LogP contribution >= 0.6 is 11.6 Å². The van der Waals surface area contributed by atoms with Crippen LogP contribution in [0.1, 0.15) is 19.8 Å². The molecule has 0 bridgehead atoms. The third-order valence-corrected chi connectivity index (χ3v) is 2.93. The molecule has 0 spiro atoms. The molecule has 90 valence electrons. The zero-order valence-corrected chi connectivity index (χ0v) is 10.5. The summed E-state index contributed by atoms with van der Waals surface area (Å²) in [5.41, 5.74) is 1.83. The second-order valence-electron chi connectivity index (χ2n) is 4.02. The standard InChI is InChI=1S/C13H15ClN2O/c1-2-3-8-16-13(17)9-12(15-16)10-4-6-11(14)7-5-10/h4-7,9,15H,2-3,8H2,1H3. The molecule has 1 heterocycles. The van der Waals surface area contributed by atoms with Crippen LogP contribution in [0, 0.1) is 0 Å². The molecule has 2 rings (SSSR count). The van der Waals surface area contributed by atoms with Crippen LogP contribution in [-0.4, -0.2) is 9.78 Å². The summed E-state index contributed by atoms with van der Waals surface area (Å²) in [5.74, 6) is 0. The van der Waals surface area contributed by atoms with Gasteiger partial charge in [0.05, 0.1) is 5.69 Å². The summed E-state index contributed by atoms with van der Waals surface area (Å²) in [5, 5.41) is 3.81. The molecule has 0 aliphatic heterocycles. The summed E-state index contributed by atoms with van der Waals surface area (Å²) >= 11 is 5.83. The number of nitrogens with one attached hydrogen (secondary N) is 1. The number of aromatic nitrogens is 2. The fraction of sp³-hybridized carbons (Fsp3) is 0.308. The first-order valence-electron chi connectivity index (χ1n) is 5.76. The lowest BCUT2D eigenvalue weighted by molar-refractivity contribution is 0.558. The van der Waals surface area contributed by atoms with E-state index in [1.807, 2.05) is 24.3 Å². The van der Waals surface area contributed by atoms with Crippen LogP contribution in [0.15, 0.2) is 35.1 Å². The SMILES string of the molecule is CCCCn1[nH]c(-c2ccc(Cl)cc2)cc1=O. The number of halogens is 1. The smallest absolute Gasteiger partial charge is 0.267 e. The second kappa shape index (κ2) is 5.23. The molecule has 0 atom stereocenters. The van der Waals surface area contributed by atoms with Gasteiger partial charge in [0.15, 0.2) is 0 Å². The normalized spacial score (nSPS) is 10.7. The van der Waals surface area contributed by atoms with Crippen LogP contribution in [0.2, 0.25) is 5.02 Å². The van der Waals surface area contributed by atoms with Crippen LogP contribution in [-0.2, 0) is 6.54 Å². The largest absolute Gasteiger partial charge is 0.295 e. The maximum atomic E-state index is 11.7. The Bertz CT molecular complexity index is 539. The molecule has 0 radical (unpaired) electrons. The topological polar surface area (TPSA) is 37.8 Å². The molecular formula is C13H15ClN2O. The van der Waals surface area contributed by atoms with E-state index in [1.165, 1.54) is 0 Å². The van der Waals surface area contributed by atoms with Crippen molar-refractivity contribution < 1.29 is 0 Å². The monoisotopic (exact) mass is 250 g/mol. The first-order valence-corrected chi connectivity index (χ1v) is 6.14. The predicted molar refractivity (Wildman–Crippen MR) is 70.4 cm³/mol. The van der Waals surface area contributed by atoms with Gasteiger partial charge < -0.3 is 0 Å². The number of rotatable bonds is 4. The first-order chi connectivity index (χ1) is 8.20. The Balaban J connectivity index is 2.28. The average Bonchev–Trinajstić information content (AvgIpc) is 2.69. The molecule has 17 heavy (non-hydrogen) atoms. The molecule has 1 aromatic carbocycles. The summed E-state index contributed by atoms with van der Waals surface area (Å²) < 4.78 is 1.65. The Labute approximate surface area is 105 Å². The maximum Gasteiger partial charge on any atom is 0.267 e. The highest BCUT2D eigenvalue weighted by molar-refractivity contribution is 6.30. The lowest BCUT2D eigenvalue weighted by Gasteiger charge is -2.00. The molecule has 0 aliphatic carbocycles. The molecule has 4 heteroatoms. The number of H-pyrrole nitrogens is 1. The minimum absolute atomic E-state index is 0.0170. The van der Waals surface area contributed by atoms with Crippen LogP contribution in [0.4, 0.5) is 0 Å². The van der Waals surface area contributed by atoms with E-state index in [-0.39, 0.29) is 5.56 Å². The highest BCUT2D eigenvalue weighted by Gasteiger charge is 2.04. The molecule has 1 aromatic heterocycles. The van der Waals surface area contributed by atoms with Gasteiger partial charge in [-0.2, -0.15) is 0 Å². The van der Waals surface area contributed by atoms with Crippen molar-refractivity contribution in [3.8, 4) is 11.3 Å². The number of hydrogen-bond acceptors (Lipinski definition) is 1. The van der Waals surface area contributed by atoms with Gasteiger partial charge >= 0.3 is 0 Å². The van der Waals surface area contributed by atoms with Crippen molar-refractivity contribution in [2.45, 2.75) is 26.3 Å². The third kappa shape index (κ3) is 2.80. The number of unbranched alkanes of at least 4 members (excludes halogenated alkanes) is 1. The minimum atomic E-state index is 0.0170. The van der Waals surface area contributed by atoms with Gasteiger partial charge in [0.1, 0.15) is 0 Å². The molecule has 1 N–H and O–H groups in total. The van der Waals surface area contributed by atoms with Gasteiger partial charge in [0.25, 0.3) is 5.56 Å². The molecule has 0 saturated heterocycles. The van der Waals surface area contributed by atoms with E-state index in [9.17, 15) is 4.79 Å². The summed E-state index contributed by atoms with van der Waals surface area (Å²) in [4.78, 5) is 11.7. The second-order valence-corrected chi connectivity index (χ2v) is 4.46. The van der Waals surface area contributed by atoms with E-state index in [0.29, 0.717) is 5.02 Å². The minimum Gasteiger partial charge on any atom is -0.295 e. The van der Waals surface area contributed by atoms with E-state index in [4.69, 9.17) is 11.6 Å². The Morgan fingerprint density at radius 3 is 2.65 bits per heavy atom. The molecule has 2 aromatic rings. The van der Waals surface area contributed by atoms with Crippen molar-refractivity contribution in [2.24, 2.45) is 0 Å². The van der Waals surface area contributed by atoms with E-state index in [1.54, 1.807) is 10.7 Å². The molecule has 0 fully saturated rings. The zero-order chi connectivity index (χ0) is 12.3. The summed E-state index contributed by atoms with van der Waals surface area (Å²) in [6.45, 7) is 2.84. The van der Waals surface area contributed by atoms with Crippen molar-refractivity contribution >= 4 is 11.6 Å². The van der Waals surface area contributed by atoms with E-state index >= 15 is 0 Å². The van der Waals surface area contributed by atoms with Crippen LogP contribution in [0.5, 0.6) is 0 Å². The van der Waals surface area contributed by atoms with Crippen molar-refractivity contribution in [1.29, 1.82) is 0 Å². The van der Waals surface area contributed by atoms with Crippen LogP contribution in [0.3, 0.4) is 0 Å². The molecule has 0 amide bonds.